The molecule has 3 rings (SSSR count). The van der Waals surface area contributed by atoms with E-state index in [-0.39, 0.29) is 12.4 Å². The number of para-hydroxylation sites is 2. The molecular weight excluding hydrogens is 408 g/mol. The Hall–Kier alpha value is -3.58. The molecule has 168 valence electrons. The van der Waals surface area contributed by atoms with E-state index < -0.39 is 17.8 Å². The van der Waals surface area contributed by atoms with Crippen LogP contribution in [0.4, 0.5) is 4.79 Å². The van der Waals surface area contributed by atoms with E-state index in [2.05, 4.69) is 10.3 Å². The zero-order chi connectivity index (χ0) is 23.0. The van der Waals surface area contributed by atoms with Crippen molar-refractivity contribution in [1.29, 1.82) is 0 Å². The van der Waals surface area contributed by atoms with Crippen molar-refractivity contribution in [2.24, 2.45) is 0 Å². The maximum atomic E-state index is 11.9. The van der Waals surface area contributed by atoms with Gasteiger partial charge in [0, 0.05) is 11.8 Å². The summed E-state index contributed by atoms with van der Waals surface area (Å²) in [5.41, 5.74) is 0.840. The van der Waals surface area contributed by atoms with E-state index in [9.17, 15) is 9.90 Å². The van der Waals surface area contributed by atoms with Crippen molar-refractivity contribution in [3.8, 4) is 17.4 Å². The number of nitrogens with zero attached hydrogens (tertiary/aromatic N) is 1. The third-order valence-electron chi connectivity index (χ3n) is 4.29. The fourth-order valence-electron chi connectivity index (χ4n) is 2.84. The van der Waals surface area contributed by atoms with E-state index >= 15 is 0 Å². The number of hydrogen-bond acceptors (Lipinski definition) is 6. The number of pyridine rings is 1. The second-order valence-corrected chi connectivity index (χ2v) is 8.12. The number of rotatable bonds is 8. The Bertz CT molecular complexity index is 1020. The van der Waals surface area contributed by atoms with Crippen LogP contribution in [0.2, 0.25) is 0 Å². The minimum Gasteiger partial charge on any atom is -0.485 e. The third kappa shape index (κ3) is 6.99. The van der Waals surface area contributed by atoms with Crippen LogP contribution in [0.5, 0.6) is 17.4 Å². The summed E-state index contributed by atoms with van der Waals surface area (Å²) in [5, 5.41) is 13.2. The average molecular weight is 437 g/mol. The average Bonchev–Trinajstić information content (AvgIpc) is 2.77. The van der Waals surface area contributed by atoms with Crippen LogP contribution < -0.4 is 14.8 Å². The summed E-state index contributed by atoms with van der Waals surface area (Å²) in [4.78, 5) is 16.2. The molecule has 0 aliphatic rings. The van der Waals surface area contributed by atoms with Crippen LogP contribution >= 0.6 is 0 Å². The number of aliphatic hydroxyl groups excluding tert-OH is 1. The van der Waals surface area contributed by atoms with Crippen LogP contribution in [0, 0.1) is 0 Å². The summed E-state index contributed by atoms with van der Waals surface area (Å²) < 4.78 is 17.1. The van der Waals surface area contributed by atoms with Gasteiger partial charge in [-0.05, 0) is 50.6 Å². The summed E-state index contributed by atoms with van der Waals surface area (Å²) >= 11 is 0. The van der Waals surface area contributed by atoms with Crippen LogP contribution in [-0.4, -0.2) is 28.3 Å². The lowest BCUT2D eigenvalue weighted by Crippen LogP contribution is -2.34. The molecule has 2 aromatic carbocycles. The molecule has 2 N–H and O–H groups in total. The largest absolute Gasteiger partial charge is 0.485 e. The highest BCUT2D eigenvalue weighted by molar-refractivity contribution is 5.67. The molecule has 1 atom stereocenters. The highest BCUT2D eigenvalue weighted by Gasteiger charge is 2.20. The number of carbonyl (C=O) groups is 1. The lowest BCUT2D eigenvalue weighted by molar-refractivity contribution is 0.0490. The topological polar surface area (TPSA) is 89.9 Å². The highest BCUT2D eigenvalue weighted by Crippen LogP contribution is 2.34. The van der Waals surface area contributed by atoms with Gasteiger partial charge < -0.3 is 24.6 Å². The van der Waals surface area contributed by atoms with Gasteiger partial charge in [0.1, 0.15) is 18.3 Å². The van der Waals surface area contributed by atoms with Gasteiger partial charge in [-0.3, -0.25) is 0 Å². The third-order valence-corrected chi connectivity index (χ3v) is 4.29. The summed E-state index contributed by atoms with van der Waals surface area (Å²) in [6, 6.07) is 20.5. The minimum absolute atomic E-state index is 0.0525. The van der Waals surface area contributed by atoms with Crippen molar-refractivity contribution in [2.45, 2.75) is 39.1 Å². The van der Waals surface area contributed by atoms with E-state index in [1.54, 1.807) is 51.2 Å². The monoisotopic (exact) mass is 436 g/mol. The lowest BCUT2D eigenvalue weighted by Gasteiger charge is -2.21. The second kappa shape index (κ2) is 10.6. The van der Waals surface area contributed by atoms with Gasteiger partial charge in [0.25, 0.3) is 0 Å². The van der Waals surface area contributed by atoms with Crippen molar-refractivity contribution in [2.75, 3.05) is 6.54 Å². The zero-order valence-corrected chi connectivity index (χ0v) is 18.4. The molecule has 0 fully saturated rings. The molecule has 1 amide bonds. The summed E-state index contributed by atoms with van der Waals surface area (Å²) in [6.07, 6.45) is -0.0773. The van der Waals surface area contributed by atoms with Crippen molar-refractivity contribution < 1.29 is 24.1 Å². The Balaban J connectivity index is 1.69. The molecule has 1 unspecified atom stereocenters. The van der Waals surface area contributed by atoms with E-state index in [4.69, 9.17) is 14.2 Å². The Kier molecular flexibility index (Phi) is 7.68. The minimum atomic E-state index is -1.04. The fraction of sp³-hybridized carbons (Fsp3) is 0.280. The molecule has 1 heterocycles. The lowest BCUT2D eigenvalue weighted by atomic mass is 10.1. The maximum Gasteiger partial charge on any atom is 0.407 e. The number of carbonyl (C=O) groups excluding carboxylic acids is 1. The Morgan fingerprint density at radius 3 is 2.41 bits per heavy atom. The number of ether oxygens (including phenoxy) is 3. The number of amides is 1. The van der Waals surface area contributed by atoms with Gasteiger partial charge >= 0.3 is 6.09 Å². The van der Waals surface area contributed by atoms with Crippen LogP contribution in [0.1, 0.15) is 38.0 Å². The van der Waals surface area contributed by atoms with Gasteiger partial charge in [-0.15, -0.1) is 0 Å². The molecule has 0 radical (unpaired) electrons. The molecule has 0 aliphatic heterocycles. The second-order valence-electron chi connectivity index (χ2n) is 8.12. The van der Waals surface area contributed by atoms with Crippen molar-refractivity contribution >= 4 is 6.09 Å². The van der Waals surface area contributed by atoms with Crippen molar-refractivity contribution in [3.05, 3.63) is 84.1 Å². The van der Waals surface area contributed by atoms with E-state index in [1.165, 1.54) is 0 Å². The first-order valence-corrected chi connectivity index (χ1v) is 10.4. The fourth-order valence-corrected chi connectivity index (χ4v) is 2.84. The first kappa shape index (κ1) is 23.1. The molecule has 0 aliphatic carbocycles. The summed E-state index contributed by atoms with van der Waals surface area (Å²) in [6.45, 7) is 5.65. The van der Waals surface area contributed by atoms with Gasteiger partial charge in [0.2, 0.25) is 5.88 Å². The summed E-state index contributed by atoms with van der Waals surface area (Å²) in [7, 11) is 0. The van der Waals surface area contributed by atoms with Crippen LogP contribution in [-0.2, 0) is 11.3 Å². The standard InChI is InChI=1S/C25H28N2O5/c1-25(2,3)32-24(29)27-16-20(28)19-12-9-15-26-23(19)31-22-14-8-7-13-21(22)30-17-18-10-5-4-6-11-18/h4-15,20,28H,16-17H2,1-3H3,(H,27,29). The SMILES string of the molecule is CC(C)(C)OC(=O)NCC(O)c1cccnc1Oc1ccccc1OCc1ccccc1. The predicted octanol–water partition coefficient (Wildman–Crippen LogP) is 5.01. The molecule has 7 heteroatoms. The maximum absolute atomic E-state index is 11.9. The normalized spacial score (nSPS) is 12.0. The molecule has 0 spiro atoms. The van der Waals surface area contributed by atoms with E-state index in [1.807, 2.05) is 42.5 Å². The Labute approximate surface area is 188 Å². The molecule has 0 bridgehead atoms. The summed E-state index contributed by atoms with van der Waals surface area (Å²) in [5.74, 6) is 1.24. The quantitative estimate of drug-likeness (QED) is 0.516. The Morgan fingerprint density at radius 1 is 1.00 bits per heavy atom. The van der Waals surface area contributed by atoms with Crippen LogP contribution in [0.25, 0.3) is 0 Å². The van der Waals surface area contributed by atoms with Crippen molar-refractivity contribution in [3.63, 3.8) is 0 Å². The molecule has 1 aromatic heterocycles. The first-order chi connectivity index (χ1) is 15.3. The molecule has 7 nitrogen and oxygen atoms in total. The smallest absolute Gasteiger partial charge is 0.407 e. The molecule has 32 heavy (non-hydrogen) atoms. The van der Waals surface area contributed by atoms with Gasteiger partial charge in [-0.2, -0.15) is 0 Å². The van der Waals surface area contributed by atoms with E-state index in [0.29, 0.717) is 23.7 Å². The molecular formula is C25H28N2O5. The van der Waals surface area contributed by atoms with Crippen LogP contribution in [0.3, 0.4) is 0 Å². The molecule has 3 aromatic rings. The Morgan fingerprint density at radius 2 is 1.69 bits per heavy atom. The van der Waals surface area contributed by atoms with Gasteiger partial charge in [-0.1, -0.05) is 42.5 Å². The van der Waals surface area contributed by atoms with Crippen molar-refractivity contribution in [1.82, 2.24) is 10.3 Å². The number of hydrogen-bond donors (Lipinski definition) is 2. The number of aliphatic hydroxyl groups is 1. The number of nitrogens with one attached hydrogen (secondary N) is 1. The highest BCUT2D eigenvalue weighted by atomic mass is 16.6. The van der Waals surface area contributed by atoms with Gasteiger partial charge in [-0.25, -0.2) is 9.78 Å². The zero-order valence-electron chi connectivity index (χ0n) is 18.4. The molecule has 0 saturated carbocycles. The van der Waals surface area contributed by atoms with Crippen LogP contribution in [0.15, 0.2) is 72.9 Å². The number of alkyl carbamates (subject to hydrolysis) is 1. The molecule has 0 saturated heterocycles. The first-order valence-electron chi connectivity index (χ1n) is 10.4. The number of aromatic nitrogens is 1. The van der Waals surface area contributed by atoms with Gasteiger partial charge in [0.15, 0.2) is 11.5 Å². The number of benzene rings is 2. The van der Waals surface area contributed by atoms with E-state index in [0.717, 1.165) is 5.56 Å². The van der Waals surface area contributed by atoms with Gasteiger partial charge in [0.05, 0.1) is 6.54 Å². The predicted molar refractivity (Wildman–Crippen MR) is 121 cm³/mol.